The van der Waals surface area contributed by atoms with E-state index in [1.807, 2.05) is 13.8 Å². The molecule has 35 heavy (non-hydrogen) atoms. The summed E-state index contributed by atoms with van der Waals surface area (Å²) in [6.07, 6.45) is -1.47. The number of alkyl halides is 1. The van der Waals surface area contributed by atoms with Gasteiger partial charge in [0.05, 0.1) is 12.3 Å². The topological polar surface area (TPSA) is 171 Å². The zero-order chi connectivity index (χ0) is 25.8. The number of carbonyl (C=O) groups is 1. The quantitative estimate of drug-likeness (QED) is 0.238. The van der Waals surface area contributed by atoms with Crippen molar-refractivity contribution < 1.29 is 38.0 Å². The van der Waals surface area contributed by atoms with E-state index in [0.29, 0.717) is 11.2 Å². The van der Waals surface area contributed by atoms with Gasteiger partial charge < -0.3 is 25.4 Å². The first-order chi connectivity index (χ1) is 16.7. The Hall–Kier alpha value is -2.28. The second kappa shape index (κ2) is 11.6. The van der Waals surface area contributed by atoms with Gasteiger partial charge in [0.25, 0.3) is 0 Å². The lowest BCUT2D eigenvalue weighted by atomic mass is 9.96. The summed E-state index contributed by atoms with van der Waals surface area (Å²) in [6, 6.07) is 2.22. The molecule has 0 saturated carbocycles. The molecule has 1 aliphatic rings. The number of nitrogens with zero attached hydrogens (tertiary/aromatic N) is 3. The summed E-state index contributed by atoms with van der Waals surface area (Å²) in [5.74, 6) is -0.172. The van der Waals surface area contributed by atoms with Gasteiger partial charge in [0.15, 0.2) is 11.4 Å². The highest BCUT2D eigenvalue weighted by atomic mass is 31.1. The summed E-state index contributed by atoms with van der Waals surface area (Å²) in [7, 11) is -2.65. The van der Waals surface area contributed by atoms with Crippen molar-refractivity contribution in [3.8, 4) is 0 Å². The monoisotopic (exact) mass is 516 g/mol. The SMILES string of the molecule is CCC(CC)COC(=O)[C@H](C)N[P+](=O)OC[C@@]1(CF)O[C@@H](c2ccc3c(N)ncnn23)[C@H](O)[C@@H]1O. The number of halogens is 1. The minimum absolute atomic E-state index is 0.190. The van der Waals surface area contributed by atoms with Crippen LogP contribution < -0.4 is 10.8 Å². The van der Waals surface area contributed by atoms with E-state index in [2.05, 4.69) is 15.2 Å². The third-order valence-electron chi connectivity index (χ3n) is 6.26. The average molecular weight is 516 g/mol. The lowest BCUT2D eigenvalue weighted by Gasteiger charge is -2.26. The maximum absolute atomic E-state index is 14.1. The Labute approximate surface area is 202 Å². The summed E-state index contributed by atoms with van der Waals surface area (Å²) < 4.78 is 44.1. The van der Waals surface area contributed by atoms with Crippen molar-refractivity contribution in [1.29, 1.82) is 0 Å². The number of nitrogens with two attached hydrogens (primary N) is 1. The van der Waals surface area contributed by atoms with Crippen LogP contribution in [-0.2, 0) is 23.4 Å². The fraction of sp³-hybridized carbons (Fsp3) is 0.667. The molecule has 0 aromatic carbocycles. The van der Waals surface area contributed by atoms with Gasteiger partial charge in [-0.05, 0) is 29.5 Å². The van der Waals surface area contributed by atoms with E-state index < -0.39 is 57.4 Å². The number of esters is 1. The molecular formula is C21H32FN5O7P+. The molecule has 0 radical (unpaired) electrons. The molecule has 2 aromatic rings. The number of aliphatic hydroxyl groups is 2. The van der Waals surface area contributed by atoms with Crippen LogP contribution in [-0.4, -0.2) is 74.5 Å². The van der Waals surface area contributed by atoms with Crippen molar-refractivity contribution >= 4 is 25.5 Å². The van der Waals surface area contributed by atoms with Gasteiger partial charge in [-0.1, -0.05) is 31.8 Å². The maximum atomic E-state index is 14.1. The molecule has 0 aliphatic carbocycles. The molecule has 14 heteroatoms. The number of hydrogen-bond acceptors (Lipinski definition) is 10. The van der Waals surface area contributed by atoms with Gasteiger partial charge in [0, 0.05) is 0 Å². The van der Waals surface area contributed by atoms with Gasteiger partial charge in [0.1, 0.15) is 49.5 Å². The number of hydrogen-bond donors (Lipinski definition) is 4. The summed E-state index contributed by atoms with van der Waals surface area (Å²) in [5.41, 5.74) is 4.58. The summed E-state index contributed by atoms with van der Waals surface area (Å²) in [5, 5.41) is 27.7. The zero-order valence-electron chi connectivity index (χ0n) is 19.8. The molecule has 6 atom stereocenters. The van der Waals surface area contributed by atoms with Gasteiger partial charge in [-0.15, -0.1) is 4.52 Å². The second-order valence-electron chi connectivity index (χ2n) is 8.57. The third kappa shape index (κ3) is 5.76. The molecule has 2 aromatic heterocycles. The number of rotatable bonds is 12. The molecule has 3 heterocycles. The van der Waals surface area contributed by atoms with E-state index in [1.165, 1.54) is 17.8 Å². The Morgan fingerprint density at radius 3 is 2.77 bits per heavy atom. The van der Waals surface area contributed by atoms with Crippen LogP contribution >= 0.6 is 8.18 Å². The number of carbonyl (C=O) groups excluding carboxylic acids is 1. The number of nitrogens with one attached hydrogen (secondary N) is 1. The van der Waals surface area contributed by atoms with E-state index in [1.54, 1.807) is 12.1 Å². The predicted molar refractivity (Wildman–Crippen MR) is 123 cm³/mol. The molecule has 1 aliphatic heterocycles. The third-order valence-corrected chi connectivity index (χ3v) is 7.22. The molecule has 1 saturated heterocycles. The van der Waals surface area contributed by atoms with Crippen LogP contribution in [0.3, 0.4) is 0 Å². The van der Waals surface area contributed by atoms with E-state index in [4.69, 9.17) is 19.7 Å². The lowest BCUT2D eigenvalue weighted by Crippen LogP contribution is -2.48. The van der Waals surface area contributed by atoms with Crippen molar-refractivity contribution in [3.05, 3.63) is 24.2 Å². The first-order valence-corrected chi connectivity index (χ1v) is 12.6. The van der Waals surface area contributed by atoms with Crippen LogP contribution in [0.1, 0.15) is 45.4 Å². The first kappa shape index (κ1) is 27.3. The molecule has 5 N–H and O–H groups in total. The van der Waals surface area contributed by atoms with Crippen molar-refractivity contribution in [3.63, 3.8) is 0 Å². The summed E-state index contributed by atoms with van der Waals surface area (Å²) >= 11 is 0. The highest BCUT2D eigenvalue weighted by molar-refractivity contribution is 7.36. The number of nitrogen functional groups attached to an aromatic ring is 1. The second-order valence-corrected chi connectivity index (χ2v) is 9.60. The Balaban J connectivity index is 1.63. The lowest BCUT2D eigenvalue weighted by molar-refractivity contribution is -0.146. The Morgan fingerprint density at radius 2 is 2.11 bits per heavy atom. The summed E-state index contributed by atoms with van der Waals surface area (Å²) in [4.78, 5) is 16.0. The van der Waals surface area contributed by atoms with Crippen LogP contribution in [0.5, 0.6) is 0 Å². The summed E-state index contributed by atoms with van der Waals surface area (Å²) in [6.45, 7) is 3.82. The Morgan fingerprint density at radius 1 is 1.40 bits per heavy atom. The van der Waals surface area contributed by atoms with Gasteiger partial charge >= 0.3 is 14.1 Å². The first-order valence-electron chi connectivity index (χ1n) is 11.4. The number of anilines is 1. The van der Waals surface area contributed by atoms with E-state index in [-0.39, 0.29) is 18.3 Å². The molecule has 3 rings (SSSR count). The number of ether oxygens (including phenoxy) is 2. The van der Waals surface area contributed by atoms with Crippen LogP contribution in [0.15, 0.2) is 18.5 Å². The van der Waals surface area contributed by atoms with Gasteiger partial charge in [-0.2, -0.15) is 5.10 Å². The Bertz CT molecular complexity index is 1040. The van der Waals surface area contributed by atoms with Crippen molar-refractivity contribution in [2.45, 2.75) is 63.6 Å². The van der Waals surface area contributed by atoms with Crippen molar-refractivity contribution in [2.75, 3.05) is 25.6 Å². The normalized spacial score (nSPS) is 25.8. The highest BCUT2D eigenvalue weighted by Crippen LogP contribution is 2.42. The number of fused-ring (bicyclic) bond motifs is 1. The largest absolute Gasteiger partial charge is 0.613 e. The molecule has 1 fully saturated rings. The molecule has 0 spiro atoms. The Kier molecular flexibility index (Phi) is 9.08. The van der Waals surface area contributed by atoms with E-state index in [0.717, 1.165) is 12.8 Å². The zero-order valence-corrected chi connectivity index (χ0v) is 20.7. The fourth-order valence-electron chi connectivity index (χ4n) is 3.83. The smallest absolute Gasteiger partial charge is 0.464 e. The van der Waals surface area contributed by atoms with E-state index >= 15 is 0 Å². The van der Waals surface area contributed by atoms with Crippen LogP contribution in [0, 0.1) is 5.92 Å². The number of aliphatic hydroxyl groups excluding tert-OH is 2. The molecule has 12 nitrogen and oxygen atoms in total. The minimum Gasteiger partial charge on any atom is -0.464 e. The van der Waals surface area contributed by atoms with Gasteiger partial charge in [-0.25, -0.2) is 13.9 Å². The predicted octanol–water partition coefficient (Wildman–Crippen LogP) is 1.44. The van der Waals surface area contributed by atoms with Crippen molar-refractivity contribution in [1.82, 2.24) is 19.7 Å². The van der Waals surface area contributed by atoms with Gasteiger partial charge in [0.2, 0.25) is 0 Å². The maximum Gasteiger partial charge on any atom is 0.613 e. The highest BCUT2D eigenvalue weighted by Gasteiger charge is 2.57. The van der Waals surface area contributed by atoms with Crippen molar-refractivity contribution in [2.24, 2.45) is 5.92 Å². The minimum atomic E-state index is -2.65. The van der Waals surface area contributed by atoms with Crippen LogP contribution in [0.4, 0.5) is 10.2 Å². The van der Waals surface area contributed by atoms with E-state index in [9.17, 15) is 24.0 Å². The van der Waals surface area contributed by atoms with Crippen LogP contribution in [0.25, 0.3) is 5.52 Å². The number of aromatic nitrogens is 3. The molecule has 1 unspecified atom stereocenters. The average Bonchev–Trinajstić information content (AvgIpc) is 3.39. The molecule has 0 amide bonds. The molecule has 194 valence electrons. The fourth-order valence-corrected chi connectivity index (χ4v) is 4.66. The molecule has 0 bridgehead atoms. The molecular weight excluding hydrogens is 484 g/mol. The van der Waals surface area contributed by atoms with Crippen LogP contribution in [0.2, 0.25) is 0 Å². The van der Waals surface area contributed by atoms with Gasteiger partial charge in [-0.3, -0.25) is 4.79 Å². The standard InChI is InChI=1S/C21H32FN5O7P/c1-4-13(5-2)8-32-20(30)12(3)26-35(31)33-10-21(9-22)18(29)16(28)17(34-21)14-6-7-15-19(23)24-11-25-27(14)15/h6-7,11-13,16-18,28-29H,4-5,8-10H2,1-3H3,(H,26,31)(H2,23,24,25)/q+1/t12-,16-,17-,18-,21+/m0/s1.